The van der Waals surface area contributed by atoms with Crippen LogP contribution in [0.15, 0.2) is 78.9 Å². The molecule has 3 aromatic carbocycles. The molecule has 3 aromatic rings. The summed E-state index contributed by atoms with van der Waals surface area (Å²) in [4.78, 5) is 17.3. The zero-order chi connectivity index (χ0) is 26.6. The van der Waals surface area contributed by atoms with Crippen LogP contribution in [-0.4, -0.2) is 49.4 Å². The molecule has 1 saturated carbocycles. The maximum absolute atomic E-state index is 13.1. The predicted molar refractivity (Wildman–Crippen MR) is 173 cm³/mol. The van der Waals surface area contributed by atoms with E-state index in [4.69, 9.17) is 0 Å². The van der Waals surface area contributed by atoms with Crippen molar-refractivity contribution in [3.8, 4) is 11.1 Å². The molecule has 4 nitrogen and oxygen atoms in total. The number of hydrogen-bond acceptors (Lipinski definition) is 3. The molecule has 0 atom stereocenters. The van der Waals surface area contributed by atoms with Crippen LogP contribution < -0.4 is 5.32 Å². The maximum Gasteiger partial charge on any atom is 0.222 e. The van der Waals surface area contributed by atoms with Crippen LogP contribution in [-0.2, 0) is 24.3 Å². The number of rotatable bonds is 14. The van der Waals surface area contributed by atoms with Crippen molar-refractivity contribution in [2.75, 3.05) is 33.7 Å². The number of likely N-dealkylation sites (N-methyl/N-ethyl adjacent to an activating group) is 1. The van der Waals surface area contributed by atoms with Crippen LogP contribution >= 0.6 is 24.8 Å². The lowest BCUT2D eigenvalue weighted by atomic mass is 10.0. The lowest BCUT2D eigenvalue weighted by molar-refractivity contribution is -0.132. The first-order chi connectivity index (χ1) is 18.6. The molecular weight excluding hydrogens is 537 g/mol. The number of carbonyl (C=O) groups excluding carboxylic acids is 1. The smallest absolute Gasteiger partial charge is 0.222 e. The summed E-state index contributed by atoms with van der Waals surface area (Å²) in [5, 5.41) is 3.55. The molecule has 1 aliphatic carbocycles. The van der Waals surface area contributed by atoms with Gasteiger partial charge in [-0.3, -0.25) is 4.79 Å². The highest BCUT2D eigenvalue weighted by Crippen LogP contribution is 2.29. The third-order valence-corrected chi connectivity index (χ3v) is 7.79. The van der Waals surface area contributed by atoms with Gasteiger partial charge in [-0.1, -0.05) is 105 Å². The highest BCUT2D eigenvalue weighted by Gasteiger charge is 2.19. The first-order valence-corrected chi connectivity index (χ1v) is 14.4. The third kappa shape index (κ3) is 11.2. The zero-order valence-electron chi connectivity index (χ0n) is 24.2. The molecular formula is C34H47Cl2N3O. The minimum absolute atomic E-state index is 0. The Morgan fingerprint density at radius 1 is 0.775 bits per heavy atom. The van der Waals surface area contributed by atoms with Crippen molar-refractivity contribution in [1.82, 2.24) is 15.1 Å². The minimum atomic E-state index is 0. The topological polar surface area (TPSA) is 35.6 Å². The highest BCUT2D eigenvalue weighted by atomic mass is 35.5. The second-order valence-electron chi connectivity index (χ2n) is 11.1. The second-order valence-corrected chi connectivity index (χ2v) is 11.1. The predicted octanol–water partition coefficient (Wildman–Crippen LogP) is 7.39. The largest absolute Gasteiger partial charge is 0.337 e. The van der Waals surface area contributed by atoms with Gasteiger partial charge in [0.2, 0.25) is 5.91 Å². The van der Waals surface area contributed by atoms with Crippen molar-refractivity contribution in [2.45, 2.75) is 58.0 Å². The Morgan fingerprint density at radius 2 is 1.38 bits per heavy atom. The maximum atomic E-state index is 13.1. The standard InChI is InChI=1S/C34H45N3O.2ClH/c1-36(2)24-25-37(34(38)21-16-28-10-6-7-11-28)27-31-14-19-33(20-15-31)32-17-12-30(13-18-32)26-35-23-22-29-8-4-3-5-9-29;;/h3-5,8-9,12-15,17-20,28,35H,6-7,10-11,16,21-27H2,1-2H3;2*1H. The molecule has 0 bridgehead atoms. The summed E-state index contributed by atoms with van der Waals surface area (Å²) < 4.78 is 0. The van der Waals surface area contributed by atoms with Crippen molar-refractivity contribution in [3.63, 3.8) is 0 Å². The van der Waals surface area contributed by atoms with Gasteiger partial charge in [-0.15, -0.1) is 24.8 Å². The number of carbonyl (C=O) groups is 1. The third-order valence-electron chi connectivity index (χ3n) is 7.79. The summed E-state index contributed by atoms with van der Waals surface area (Å²) in [7, 11) is 4.14. The monoisotopic (exact) mass is 583 g/mol. The molecule has 218 valence electrons. The number of amides is 1. The summed E-state index contributed by atoms with van der Waals surface area (Å²) >= 11 is 0. The molecule has 40 heavy (non-hydrogen) atoms. The average molecular weight is 585 g/mol. The molecule has 0 heterocycles. The lowest BCUT2D eigenvalue weighted by Gasteiger charge is -2.25. The lowest BCUT2D eigenvalue weighted by Crippen LogP contribution is -2.36. The SMILES string of the molecule is CN(C)CCN(Cc1ccc(-c2ccc(CNCCc3ccccc3)cc2)cc1)C(=O)CCC1CCCC1.Cl.Cl. The Balaban J connectivity index is 0.00000280. The van der Waals surface area contributed by atoms with Crippen LogP contribution in [0.5, 0.6) is 0 Å². The molecule has 1 aliphatic rings. The van der Waals surface area contributed by atoms with E-state index in [0.29, 0.717) is 18.9 Å². The molecule has 1 amide bonds. The van der Waals surface area contributed by atoms with Crippen LogP contribution in [0.4, 0.5) is 0 Å². The van der Waals surface area contributed by atoms with Crippen molar-refractivity contribution in [1.29, 1.82) is 0 Å². The molecule has 1 N–H and O–H groups in total. The van der Waals surface area contributed by atoms with E-state index in [9.17, 15) is 4.79 Å². The summed E-state index contributed by atoms with van der Waals surface area (Å²) in [6.07, 6.45) is 8.06. The summed E-state index contributed by atoms with van der Waals surface area (Å²) in [6.45, 7) is 4.20. The molecule has 6 heteroatoms. The van der Waals surface area contributed by atoms with Gasteiger partial charge in [0.15, 0.2) is 0 Å². The van der Waals surface area contributed by atoms with Crippen molar-refractivity contribution in [2.24, 2.45) is 5.92 Å². The fraction of sp³-hybridized carbons (Fsp3) is 0.441. The normalized spacial score (nSPS) is 13.1. The van der Waals surface area contributed by atoms with E-state index < -0.39 is 0 Å². The van der Waals surface area contributed by atoms with Gasteiger partial charge >= 0.3 is 0 Å². The Bertz CT molecular complexity index is 1100. The summed E-state index contributed by atoms with van der Waals surface area (Å²) in [6, 6.07) is 28.2. The Kier molecular flexibility index (Phi) is 15.3. The van der Waals surface area contributed by atoms with Crippen LogP contribution in [0, 0.1) is 5.92 Å². The van der Waals surface area contributed by atoms with E-state index in [1.807, 2.05) is 0 Å². The molecule has 0 aliphatic heterocycles. The van der Waals surface area contributed by atoms with Crippen molar-refractivity contribution in [3.05, 3.63) is 95.6 Å². The van der Waals surface area contributed by atoms with Gasteiger partial charge in [-0.05, 0) is 67.2 Å². The quantitative estimate of drug-likeness (QED) is 0.201. The van der Waals surface area contributed by atoms with Crippen LogP contribution in [0.3, 0.4) is 0 Å². The van der Waals surface area contributed by atoms with Gasteiger partial charge < -0.3 is 15.1 Å². The fourth-order valence-corrected chi connectivity index (χ4v) is 5.35. The van der Waals surface area contributed by atoms with Gasteiger partial charge in [-0.25, -0.2) is 0 Å². The fourth-order valence-electron chi connectivity index (χ4n) is 5.35. The van der Waals surface area contributed by atoms with E-state index in [2.05, 4.69) is 108 Å². The molecule has 0 aromatic heterocycles. The van der Waals surface area contributed by atoms with E-state index in [1.165, 1.54) is 53.5 Å². The van der Waals surface area contributed by atoms with Gasteiger partial charge in [0.1, 0.15) is 0 Å². The van der Waals surface area contributed by atoms with Crippen LogP contribution in [0.1, 0.15) is 55.2 Å². The molecule has 0 saturated heterocycles. The number of halogens is 2. The first-order valence-electron chi connectivity index (χ1n) is 14.4. The molecule has 0 radical (unpaired) electrons. The van der Waals surface area contributed by atoms with Gasteiger partial charge in [-0.2, -0.15) is 0 Å². The average Bonchev–Trinajstić information content (AvgIpc) is 3.47. The molecule has 1 fully saturated rings. The Labute approximate surface area is 254 Å². The van der Waals surface area contributed by atoms with Crippen molar-refractivity contribution < 1.29 is 4.79 Å². The number of benzene rings is 3. The second kappa shape index (κ2) is 18.1. The van der Waals surface area contributed by atoms with Gasteiger partial charge in [0, 0.05) is 32.6 Å². The molecule has 0 unspecified atom stereocenters. The number of nitrogens with zero attached hydrogens (tertiary/aromatic N) is 2. The van der Waals surface area contributed by atoms with Gasteiger partial charge in [0.05, 0.1) is 0 Å². The van der Waals surface area contributed by atoms with Gasteiger partial charge in [0.25, 0.3) is 0 Å². The number of hydrogen-bond donors (Lipinski definition) is 1. The zero-order valence-corrected chi connectivity index (χ0v) is 25.8. The summed E-state index contributed by atoms with van der Waals surface area (Å²) in [5.74, 6) is 1.06. The molecule has 0 spiro atoms. The van der Waals surface area contributed by atoms with Crippen LogP contribution in [0.25, 0.3) is 11.1 Å². The van der Waals surface area contributed by atoms with Crippen molar-refractivity contribution >= 4 is 30.7 Å². The number of nitrogens with one attached hydrogen (secondary N) is 1. The highest BCUT2D eigenvalue weighted by molar-refractivity contribution is 5.85. The summed E-state index contributed by atoms with van der Waals surface area (Å²) in [5.41, 5.74) is 6.30. The minimum Gasteiger partial charge on any atom is -0.337 e. The van der Waals surface area contributed by atoms with E-state index in [0.717, 1.165) is 44.9 Å². The Hall–Kier alpha value is -2.37. The van der Waals surface area contributed by atoms with E-state index in [-0.39, 0.29) is 24.8 Å². The molecule has 4 rings (SSSR count). The van der Waals surface area contributed by atoms with E-state index >= 15 is 0 Å². The van der Waals surface area contributed by atoms with E-state index in [1.54, 1.807) is 0 Å². The Morgan fingerprint density at radius 3 is 1.98 bits per heavy atom. The van der Waals surface area contributed by atoms with Crippen LogP contribution in [0.2, 0.25) is 0 Å². The first kappa shape index (κ1) is 33.8.